The molecule has 0 saturated carbocycles. The molecule has 3 rings (SSSR count). The van der Waals surface area contributed by atoms with E-state index in [1.54, 1.807) is 49.3 Å². The Kier molecular flexibility index (Phi) is 6.91. The molecule has 0 saturated heterocycles. The van der Waals surface area contributed by atoms with Crippen LogP contribution in [-0.4, -0.2) is 41.6 Å². The molecule has 10 heteroatoms. The Labute approximate surface area is 188 Å². The van der Waals surface area contributed by atoms with Crippen LogP contribution in [0.3, 0.4) is 0 Å². The number of amidine groups is 1. The molecule has 1 heterocycles. The summed E-state index contributed by atoms with van der Waals surface area (Å²) < 4.78 is 0. The first kappa shape index (κ1) is 22.6. The average Bonchev–Trinajstić information content (AvgIpc) is 2.79. The van der Waals surface area contributed by atoms with E-state index in [1.165, 1.54) is 30.5 Å². The molecule has 0 aliphatic heterocycles. The van der Waals surface area contributed by atoms with E-state index in [-0.39, 0.29) is 22.8 Å². The second kappa shape index (κ2) is 9.80. The zero-order valence-electron chi connectivity index (χ0n) is 17.2. The van der Waals surface area contributed by atoms with E-state index < -0.39 is 11.8 Å². The fourth-order valence-electron chi connectivity index (χ4n) is 2.76. The number of pyridine rings is 1. The van der Waals surface area contributed by atoms with Gasteiger partial charge in [0.25, 0.3) is 11.8 Å². The predicted octanol–water partition coefficient (Wildman–Crippen LogP) is 4.52. The number of benzene rings is 2. The Balaban J connectivity index is 1.84. The van der Waals surface area contributed by atoms with Crippen LogP contribution >= 0.6 is 11.6 Å². The van der Waals surface area contributed by atoms with Gasteiger partial charge in [0.05, 0.1) is 16.3 Å². The lowest BCUT2D eigenvalue weighted by atomic mass is 10.1. The summed E-state index contributed by atoms with van der Waals surface area (Å²) in [6.45, 7) is 0. The van der Waals surface area contributed by atoms with Crippen LogP contribution in [0.25, 0.3) is 0 Å². The lowest BCUT2D eigenvalue weighted by molar-refractivity contribution is 0.102. The van der Waals surface area contributed by atoms with Crippen LogP contribution in [0.1, 0.15) is 26.3 Å². The van der Waals surface area contributed by atoms with E-state index in [2.05, 4.69) is 20.8 Å². The molecule has 2 aromatic carbocycles. The van der Waals surface area contributed by atoms with Gasteiger partial charge < -0.3 is 15.5 Å². The van der Waals surface area contributed by atoms with Crippen LogP contribution < -0.4 is 10.6 Å². The number of nitrogens with zero attached hydrogens (tertiary/aromatic N) is 3. The molecule has 0 bridgehead atoms. The van der Waals surface area contributed by atoms with Gasteiger partial charge in [-0.15, -0.1) is 4.91 Å². The van der Waals surface area contributed by atoms with Gasteiger partial charge in [0, 0.05) is 31.4 Å². The van der Waals surface area contributed by atoms with E-state index in [0.29, 0.717) is 22.0 Å². The minimum Gasteiger partial charge on any atom is -0.363 e. The largest absolute Gasteiger partial charge is 0.363 e. The summed E-state index contributed by atoms with van der Waals surface area (Å²) in [6, 6.07) is 13.6. The van der Waals surface area contributed by atoms with E-state index in [9.17, 15) is 14.5 Å². The number of amides is 2. The van der Waals surface area contributed by atoms with Crippen molar-refractivity contribution in [3.05, 3.63) is 87.4 Å². The highest BCUT2D eigenvalue weighted by atomic mass is 35.5. The maximum absolute atomic E-state index is 12.8. The molecule has 162 valence electrons. The van der Waals surface area contributed by atoms with Crippen molar-refractivity contribution in [3.63, 3.8) is 0 Å². The molecule has 0 unspecified atom stereocenters. The molecular formula is C22H19ClN6O3. The standard InChI is InChI=1S/C22H19ClN6O3/c1-29(2)20(24)13-3-5-14(6-4-13)21(30)26-18-11-16(28-32)8-9-17(18)22(31)27-19-10-7-15(23)12-25-19/h3-12,24H,1-2H3,(H,26,30)(H,25,27,31). The zero-order valence-corrected chi connectivity index (χ0v) is 18.0. The third-order valence-corrected chi connectivity index (χ3v) is 4.66. The number of carbonyl (C=O) groups is 2. The normalized spacial score (nSPS) is 10.2. The van der Waals surface area contributed by atoms with E-state index in [0.717, 1.165) is 0 Å². The molecular weight excluding hydrogens is 432 g/mol. The molecule has 0 aliphatic carbocycles. The van der Waals surface area contributed by atoms with Crippen LogP contribution in [0.2, 0.25) is 5.02 Å². The Morgan fingerprint density at radius 1 is 0.969 bits per heavy atom. The molecule has 0 atom stereocenters. The Morgan fingerprint density at radius 3 is 2.25 bits per heavy atom. The van der Waals surface area contributed by atoms with Crippen molar-refractivity contribution in [1.82, 2.24) is 9.88 Å². The minimum absolute atomic E-state index is 0.0521. The molecule has 0 spiro atoms. The summed E-state index contributed by atoms with van der Waals surface area (Å²) in [4.78, 5) is 42.1. The average molecular weight is 451 g/mol. The third-order valence-electron chi connectivity index (χ3n) is 4.44. The Morgan fingerprint density at radius 2 is 1.66 bits per heavy atom. The maximum Gasteiger partial charge on any atom is 0.258 e. The van der Waals surface area contributed by atoms with Crippen molar-refractivity contribution in [3.8, 4) is 0 Å². The topological polar surface area (TPSA) is 128 Å². The molecule has 3 N–H and O–H groups in total. The van der Waals surface area contributed by atoms with Gasteiger partial charge in [0.2, 0.25) is 0 Å². The monoisotopic (exact) mass is 450 g/mol. The van der Waals surface area contributed by atoms with Gasteiger partial charge in [-0.2, -0.15) is 0 Å². The van der Waals surface area contributed by atoms with Crippen LogP contribution in [-0.2, 0) is 0 Å². The van der Waals surface area contributed by atoms with Crippen molar-refractivity contribution in [2.75, 3.05) is 24.7 Å². The number of carbonyl (C=O) groups excluding carboxylic acids is 2. The quantitative estimate of drug-likeness (QED) is 0.289. The van der Waals surface area contributed by atoms with Crippen molar-refractivity contribution < 1.29 is 9.59 Å². The fourth-order valence-corrected chi connectivity index (χ4v) is 2.87. The smallest absolute Gasteiger partial charge is 0.258 e. The number of nitroso groups, excluding NO2 is 1. The Bertz CT molecular complexity index is 1180. The van der Waals surface area contributed by atoms with E-state index in [4.69, 9.17) is 17.0 Å². The van der Waals surface area contributed by atoms with Crippen LogP contribution in [0.15, 0.2) is 66.0 Å². The second-order valence-electron chi connectivity index (χ2n) is 6.91. The molecule has 32 heavy (non-hydrogen) atoms. The molecule has 0 aliphatic rings. The lowest BCUT2D eigenvalue weighted by Gasteiger charge is -2.14. The van der Waals surface area contributed by atoms with Crippen molar-refractivity contribution in [2.24, 2.45) is 5.18 Å². The van der Waals surface area contributed by atoms with Crippen molar-refractivity contribution in [2.45, 2.75) is 0 Å². The summed E-state index contributed by atoms with van der Waals surface area (Å²) >= 11 is 5.80. The molecule has 0 radical (unpaired) electrons. The lowest BCUT2D eigenvalue weighted by Crippen LogP contribution is -2.22. The number of nitrogens with one attached hydrogen (secondary N) is 3. The van der Waals surface area contributed by atoms with Crippen LogP contribution in [0.4, 0.5) is 17.2 Å². The summed E-state index contributed by atoms with van der Waals surface area (Å²) in [5.74, 6) is -0.457. The number of halogens is 1. The number of aromatic nitrogens is 1. The number of hydrogen-bond acceptors (Lipinski definition) is 6. The van der Waals surface area contributed by atoms with Crippen LogP contribution in [0.5, 0.6) is 0 Å². The highest BCUT2D eigenvalue weighted by Crippen LogP contribution is 2.25. The van der Waals surface area contributed by atoms with Gasteiger partial charge in [0.15, 0.2) is 0 Å². The predicted molar refractivity (Wildman–Crippen MR) is 124 cm³/mol. The van der Waals surface area contributed by atoms with Gasteiger partial charge in [-0.25, -0.2) is 4.98 Å². The van der Waals surface area contributed by atoms with Gasteiger partial charge in [0.1, 0.15) is 17.3 Å². The van der Waals surface area contributed by atoms with Crippen molar-refractivity contribution in [1.29, 1.82) is 5.41 Å². The number of hydrogen-bond donors (Lipinski definition) is 3. The van der Waals surface area contributed by atoms with E-state index >= 15 is 0 Å². The van der Waals surface area contributed by atoms with Gasteiger partial charge in [-0.1, -0.05) is 23.7 Å². The van der Waals surface area contributed by atoms with E-state index in [1.807, 2.05) is 0 Å². The van der Waals surface area contributed by atoms with Gasteiger partial charge in [-0.3, -0.25) is 15.0 Å². The van der Waals surface area contributed by atoms with Crippen LogP contribution in [0, 0.1) is 10.3 Å². The maximum atomic E-state index is 12.8. The van der Waals surface area contributed by atoms with Gasteiger partial charge >= 0.3 is 0 Å². The summed E-state index contributed by atoms with van der Waals surface area (Å²) in [7, 11) is 3.51. The molecule has 1 aromatic heterocycles. The first-order chi connectivity index (χ1) is 15.3. The molecule has 0 fully saturated rings. The third kappa shape index (κ3) is 5.32. The molecule has 3 aromatic rings. The number of rotatable bonds is 6. The summed E-state index contributed by atoms with van der Waals surface area (Å²) in [6.07, 6.45) is 1.39. The second-order valence-corrected chi connectivity index (χ2v) is 7.35. The number of anilines is 2. The highest BCUT2D eigenvalue weighted by Gasteiger charge is 2.17. The first-order valence-electron chi connectivity index (χ1n) is 9.36. The molecule has 9 nitrogen and oxygen atoms in total. The summed E-state index contributed by atoms with van der Waals surface area (Å²) in [5.41, 5.74) is 1.25. The highest BCUT2D eigenvalue weighted by molar-refractivity contribution is 6.30. The first-order valence-corrected chi connectivity index (χ1v) is 9.74. The van der Waals surface area contributed by atoms with Gasteiger partial charge in [-0.05, 0) is 47.6 Å². The Hall–Kier alpha value is -4.11. The fraction of sp³-hybridized carbons (Fsp3) is 0.0909. The zero-order chi connectivity index (χ0) is 23.3. The van der Waals surface area contributed by atoms with Crippen molar-refractivity contribution >= 4 is 46.4 Å². The SMILES string of the molecule is CN(C)C(=N)c1ccc(C(=O)Nc2cc(N=O)ccc2C(=O)Nc2ccc(Cl)cn2)cc1. The molecule has 2 amide bonds. The summed E-state index contributed by atoms with van der Waals surface area (Å²) in [5, 5.41) is 16.5. The minimum atomic E-state index is -0.539.